The summed E-state index contributed by atoms with van der Waals surface area (Å²) in [4.78, 5) is 12.6. The molecule has 0 fully saturated rings. The number of amides is 1. The Bertz CT molecular complexity index is 1220. The van der Waals surface area contributed by atoms with Crippen LogP contribution in [0.25, 0.3) is 0 Å². The second-order valence-electron chi connectivity index (χ2n) is 7.82. The molecule has 3 rings (SSSR count). The van der Waals surface area contributed by atoms with Crippen LogP contribution in [0.5, 0.6) is 23.0 Å². The van der Waals surface area contributed by atoms with Gasteiger partial charge in [-0.2, -0.15) is 5.10 Å². The van der Waals surface area contributed by atoms with E-state index in [4.69, 9.17) is 18.9 Å². The fraction of sp³-hybridized carbons (Fsp3) is 0.286. The Morgan fingerprint density at radius 1 is 0.919 bits per heavy atom. The van der Waals surface area contributed by atoms with Crippen LogP contribution in [0.1, 0.15) is 48.7 Å². The maximum Gasteiger partial charge on any atom is 0.271 e. The minimum atomic E-state index is -0.386. The van der Waals surface area contributed by atoms with Crippen molar-refractivity contribution >= 4 is 28.1 Å². The van der Waals surface area contributed by atoms with Crippen molar-refractivity contribution in [1.82, 2.24) is 5.43 Å². The SMILES string of the molecule is CCCOc1ccc(C(=O)N/N=C/c2cc(Br)c(OCc3ccc(F)cc3)c(OCC)c2)cc1OCC. The average Bonchev–Trinajstić information content (AvgIpc) is 2.88. The third-order valence-corrected chi connectivity index (χ3v) is 5.56. The molecule has 0 atom stereocenters. The van der Waals surface area contributed by atoms with E-state index < -0.39 is 0 Å². The van der Waals surface area contributed by atoms with Gasteiger partial charge in [0.15, 0.2) is 23.0 Å². The monoisotopic (exact) mass is 572 g/mol. The Kier molecular flexibility index (Phi) is 10.8. The lowest BCUT2D eigenvalue weighted by molar-refractivity contribution is 0.0954. The Morgan fingerprint density at radius 2 is 1.65 bits per heavy atom. The highest BCUT2D eigenvalue weighted by molar-refractivity contribution is 9.10. The maximum absolute atomic E-state index is 13.2. The molecule has 0 bridgehead atoms. The molecule has 0 heterocycles. The molecule has 3 aromatic carbocycles. The van der Waals surface area contributed by atoms with Crippen molar-refractivity contribution in [3.05, 3.63) is 81.6 Å². The van der Waals surface area contributed by atoms with Gasteiger partial charge in [0.05, 0.1) is 30.5 Å². The summed E-state index contributed by atoms with van der Waals surface area (Å²) in [7, 11) is 0. The molecular weight excluding hydrogens is 543 g/mol. The zero-order chi connectivity index (χ0) is 26.6. The largest absolute Gasteiger partial charge is 0.490 e. The van der Waals surface area contributed by atoms with Crippen molar-refractivity contribution in [3.63, 3.8) is 0 Å². The van der Waals surface area contributed by atoms with Gasteiger partial charge in [-0.3, -0.25) is 4.79 Å². The Labute approximate surface area is 224 Å². The molecule has 7 nitrogen and oxygen atoms in total. The average molecular weight is 573 g/mol. The standard InChI is InChI=1S/C28H30BrFN2O5/c1-4-13-36-24-12-9-21(16-25(24)34-5-2)28(33)32-31-17-20-14-23(29)27(26(15-20)35-6-3)37-18-19-7-10-22(30)11-8-19/h7-12,14-17H,4-6,13,18H2,1-3H3,(H,32,33)/b31-17+. The molecular formula is C28H30BrFN2O5. The topological polar surface area (TPSA) is 78.4 Å². The van der Waals surface area contributed by atoms with Crippen molar-refractivity contribution < 1.29 is 28.1 Å². The molecule has 0 aliphatic rings. The normalized spacial score (nSPS) is 10.8. The van der Waals surface area contributed by atoms with E-state index in [2.05, 4.69) is 26.5 Å². The molecule has 9 heteroatoms. The number of ether oxygens (including phenoxy) is 4. The fourth-order valence-electron chi connectivity index (χ4n) is 3.28. The number of nitrogens with one attached hydrogen (secondary N) is 1. The lowest BCUT2D eigenvalue weighted by Crippen LogP contribution is -2.17. The number of carbonyl (C=O) groups excluding carboxylic acids is 1. The molecule has 37 heavy (non-hydrogen) atoms. The van der Waals surface area contributed by atoms with Crippen LogP contribution in [0, 0.1) is 5.82 Å². The first kappa shape index (κ1) is 28.0. The summed E-state index contributed by atoms with van der Waals surface area (Å²) in [5, 5.41) is 4.09. The highest BCUT2D eigenvalue weighted by atomic mass is 79.9. The Hall–Kier alpha value is -3.59. The fourth-order valence-corrected chi connectivity index (χ4v) is 3.85. The van der Waals surface area contributed by atoms with Gasteiger partial charge in [0.1, 0.15) is 12.4 Å². The van der Waals surface area contributed by atoms with Crippen LogP contribution in [0.3, 0.4) is 0 Å². The van der Waals surface area contributed by atoms with Gasteiger partial charge in [-0.25, -0.2) is 9.82 Å². The van der Waals surface area contributed by atoms with Crippen LogP contribution in [0.15, 0.2) is 64.2 Å². The molecule has 0 saturated carbocycles. The number of nitrogens with zero attached hydrogens (tertiary/aromatic N) is 1. The summed E-state index contributed by atoms with van der Waals surface area (Å²) in [6.45, 7) is 7.44. The smallest absolute Gasteiger partial charge is 0.271 e. The molecule has 0 spiro atoms. The van der Waals surface area contributed by atoms with Crippen molar-refractivity contribution in [2.75, 3.05) is 19.8 Å². The number of carbonyl (C=O) groups is 1. The number of halogens is 2. The van der Waals surface area contributed by atoms with Gasteiger partial charge < -0.3 is 18.9 Å². The lowest BCUT2D eigenvalue weighted by Gasteiger charge is -2.15. The van der Waals surface area contributed by atoms with Crippen molar-refractivity contribution in [2.45, 2.75) is 33.8 Å². The van der Waals surface area contributed by atoms with E-state index in [1.54, 1.807) is 42.5 Å². The number of hydrogen-bond donors (Lipinski definition) is 1. The van der Waals surface area contributed by atoms with Gasteiger partial charge in [-0.05, 0) is 89.8 Å². The van der Waals surface area contributed by atoms with E-state index in [0.717, 1.165) is 12.0 Å². The number of hydrazone groups is 1. The van der Waals surface area contributed by atoms with Crippen LogP contribution in [0.2, 0.25) is 0 Å². The zero-order valence-corrected chi connectivity index (χ0v) is 22.6. The first-order valence-corrected chi connectivity index (χ1v) is 12.8. The minimum absolute atomic E-state index is 0.244. The summed E-state index contributed by atoms with van der Waals surface area (Å²) >= 11 is 3.52. The molecule has 196 valence electrons. The van der Waals surface area contributed by atoms with Gasteiger partial charge in [-0.15, -0.1) is 0 Å². The van der Waals surface area contributed by atoms with Gasteiger partial charge >= 0.3 is 0 Å². The van der Waals surface area contributed by atoms with Gasteiger partial charge in [0, 0.05) is 5.56 Å². The lowest BCUT2D eigenvalue weighted by atomic mass is 10.2. The molecule has 1 N–H and O–H groups in total. The summed E-state index contributed by atoms with van der Waals surface area (Å²) < 4.78 is 36.8. The zero-order valence-electron chi connectivity index (χ0n) is 21.1. The second kappa shape index (κ2) is 14.2. The van der Waals surface area contributed by atoms with Crippen LogP contribution in [0.4, 0.5) is 4.39 Å². The van der Waals surface area contributed by atoms with Crippen molar-refractivity contribution in [1.29, 1.82) is 0 Å². The van der Waals surface area contributed by atoms with E-state index in [-0.39, 0.29) is 18.3 Å². The molecule has 3 aromatic rings. The van der Waals surface area contributed by atoms with Gasteiger partial charge in [0.2, 0.25) is 0 Å². The van der Waals surface area contributed by atoms with Crippen molar-refractivity contribution in [2.24, 2.45) is 5.10 Å². The predicted molar refractivity (Wildman–Crippen MR) is 145 cm³/mol. The van der Waals surface area contributed by atoms with E-state index in [1.807, 2.05) is 20.8 Å². The second-order valence-corrected chi connectivity index (χ2v) is 8.67. The molecule has 1 amide bonds. The van der Waals surface area contributed by atoms with E-state index >= 15 is 0 Å². The summed E-state index contributed by atoms with van der Waals surface area (Å²) in [6.07, 6.45) is 2.38. The molecule has 0 aliphatic carbocycles. The number of hydrogen-bond acceptors (Lipinski definition) is 6. The molecule has 0 unspecified atom stereocenters. The highest BCUT2D eigenvalue weighted by Gasteiger charge is 2.14. The van der Waals surface area contributed by atoms with Gasteiger partial charge in [0.25, 0.3) is 5.91 Å². The molecule has 0 aromatic heterocycles. The van der Waals surface area contributed by atoms with Crippen LogP contribution >= 0.6 is 15.9 Å². The molecule has 0 saturated heterocycles. The predicted octanol–water partition coefficient (Wildman–Crippen LogP) is 6.52. The van der Waals surface area contributed by atoms with Crippen molar-refractivity contribution in [3.8, 4) is 23.0 Å². The third-order valence-electron chi connectivity index (χ3n) is 4.98. The summed E-state index contributed by atoms with van der Waals surface area (Å²) in [6, 6.07) is 14.7. The van der Waals surface area contributed by atoms with Crippen LogP contribution in [-0.2, 0) is 6.61 Å². The van der Waals surface area contributed by atoms with E-state index in [0.29, 0.717) is 58.4 Å². The molecule has 0 aliphatic heterocycles. The number of rotatable bonds is 13. The first-order chi connectivity index (χ1) is 17.9. The molecule has 0 radical (unpaired) electrons. The Balaban J connectivity index is 1.70. The quantitative estimate of drug-likeness (QED) is 0.186. The third kappa shape index (κ3) is 8.21. The summed E-state index contributed by atoms with van der Waals surface area (Å²) in [5.74, 6) is 1.44. The Morgan fingerprint density at radius 3 is 2.35 bits per heavy atom. The van der Waals surface area contributed by atoms with E-state index in [1.165, 1.54) is 18.3 Å². The summed E-state index contributed by atoms with van der Waals surface area (Å²) in [5.41, 5.74) is 4.43. The van der Waals surface area contributed by atoms with E-state index in [9.17, 15) is 9.18 Å². The highest BCUT2D eigenvalue weighted by Crippen LogP contribution is 2.37. The van der Waals surface area contributed by atoms with Crippen LogP contribution in [-0.4, -0.2) is 31.9 Å². The van der Waals surface area contributed by atoms with Gasteiger partial charge in [-0.1, -0.05) is 19.1 Å². The van der Waals surface area contributed by atoms with Crippen LogP contribution < -0.4 is 24.4 Å². The maximum atomic E-state index is 13.2. The minimum Gasteiger partial charge on any atom is -0.490 e. The first-order valence-electron chi connectivity index (χ1n) is 12.0. The number of benzene rings is 3.